The summed E-state index contributed by atoms with van der Waals surface area (Å²) in [5.74, 6) is -0.194. The lowest BCUT2D eigenvalue weighted by atomic mass is 9.89. The lowest BCUT2D eigenvalue weighted by molar-refractivity contribution is -0.143. The molecule has 0 amide bonds. The molecule has 0 bridgehead atoms. The van der Waals surface area contributed by atoms with E-state index in [0.717, 1.165) is 22.3 Å². The number of aryl methyl sites for hydroxylation is 1. The van der Waals surface area contributed by atoms with Gasteiger partial charge in [-0.25, -0.2) is 13.1 Å². The van der Waals surface area contributed by atoms with Gasteiger partial charge in [0.15, 0.2) is 0 Å². The molecular formula is C26H30N2O4S. The van der Waals surface area contributed by atoms with Gasteiger partial charge in [0.2, 0.25) is 10.0 Å². The summed E-state index contributed by atoms with van der Waals surface area (Å²) in [6.07, 6.45) is 4.34. The monoisotopic (exact) mass is 466 g/mol. The zero-order valence-corrected chi connectivity index (χ0v) is 20.0. The van der Waals surface area contributed by atoms with E-state index in [9.17, 15) is 13.2 Å². The molecule has 7 heteroatoms. The van der Waals surface area contributed by atoms with E-state index in [-0.39, 0.29) is 23.2 Å². The SMILES string of the molecule is CCOC(=O)CCc1cc(C(C)NS(=O)(=O)c2ccccc2)cc(C(C)c2cccnc2)c1. The van der Waals surface area contributed by atoms with Gasteiger partial charge in [-0.15, -0.1) is 0 Å². The third kappa shape index (κ3) is 6.73. The molecule has 0 radical (unpaired) electrons. The fraction of sp³-hybridized carbons (Fsp3) is 0.308. The molecule has 174 valence electrons. The minimum atomic E-state index is -3.67. The molecule has 3 rings (SSSR count). The topological polar surface area (TPSA) is 85.4 Å². The maximum Gasteiger partial charge on any atom is 0.306 e. The number of carbonyl (C=O) groups excluding carboxylic acids is 1. The van der Waals surface area contributed by atoms with Crippen LogP contribution in [0.3, 0.4) is 0 Å². The number of ether oxygens (including phenoxy) is 1. The van der Waals surface area contributed by atoms with Gasteiger partial charge < -0.3 is 4.74 Å². The van der Waals surface area contributed by atoms with Gasteiger partial charge in [-0.05, 0) is 60.7 Å². The van der Waals surface area contributed by atoms with Gasteiger partial charge in [0.25, 0.3) is 0 Å². The Labute approximate surface area is 196 Å². The van der Waals surface area contributed by atoms with Crippen molar-refractivity contribution < 1.29 is 17.9 Å². The van der Waals surface area contributed by atoms with Crippen molar-refractivity contribution in [2.24, 2.45) is 0 Å². The highest BCUT2D eigenvalue weighted by atomic mass is 32.2. The van der Waals surface area contributed by atoms with E-state index >= 15 is 0 Å². The van der Waals surface area contributed by atoms with Crippen LogP contribution in [0.5, 0.6) is 0 Å². The maximum absolute atomic E-state index is 12.8. The molecule has 2 aromatic carbocycles. The molecule has 1 aromatic heterocycles. The van der Waals surface area contributed by atoms with Crippen molar-refractivity contribution in [1.82, 2.24) is 9.71 Å². The van der Waals surface area contributed by atoms with Gasteiger partial charge in [0.05, 0.1) is 11.5 Å². The second kappa shape index (κ2) is 11.2. The summed E-state index contributed by atoms with van der Waals surface area (Å²) >= 11 is 0. The summed E-state index contributed by atoms with van der Waals surface area (Å²) in [6.45, 7) is 6.04. The Kier molecular flexibility index (Phi) is 8.36. The summed E-state index contributed by atoms with van der Waals surface area (Å²) in [4.78, 5) is 16.3. The number of hydrogen-bond donors (Lipinski definition) is 1. The van der Waals surface area contributed by atoms with E-state index in [1.165, 1.54) is 0 Å². The number of hydrogen-bond acceptors (Lipinski definition) is 5. The van der Waals surface area contributed by atoms with Gasteiger partial charge in [-0.2, -0.15) is 0 Å². The van der Waals surface area contributed by atoms with Crippen molar-refractivity contribution in [3.8, 4) is 0 Å². The molecule has 0 aliphatic heterocycles. The summed E-state index contributed by atoms with van der Waals surface area (Å²) in [5.41, 5.74) is 3.88. The molecule has 2 unspecified atom stereocenters. The molecule has 0 aliphatic carbocycles. The molecular weight excluding hydrogens is 436 g/mol. The second-order valence-corrected chi connectivity index (χ2v) is 9.69. The molecule has 2 atom stereocenters. The number of nitrogens with one attached hydrogen (secondary N) is 1. The van der Waals surface area contributed by atoms with Crippen LogP contribution < -0.4 is 4.72 Å². The average molecular weight is 467 g/mol. The van der Waals surface area contributed by atoms with Crippen LogP contribution >= 0.6 is 0 Å². The number of rotatable bonds is 10. The smallest absolute Gasteiger partial charge is 0.306 e. The largest absolute Gasteiger partial charge is 0.466 e. The third-order valence-electron chi connectivity index (χ3n) is 5.53. The van der Waals surface area contributed by atoms with Crippen LogP contribution in [0.4, 0.5) is 0 Å². The Morgan fingerprint density at radius 1 is 1.00 bits per heavy atom. The maximum atomic E-state index is 12.8. The van der Waals surface area contributed by atoms with Crippen LogP contribution in [0, 0.1) is 0 Å². The predicted molar refractivity (Wildman–Crippen MR) is 128 cm³/mol. The van der Waals surface area contributed by atoms with E-state index < -0.39 is 16.1 Å². The summed E-state index contributed by atoms with van der Waals surface area (Å²) in [7, 11) is -3.67. The van der Waals surface area contributed by atoms with Crippen LogP contribution in [-0.4, -0.2) is 26.0 Å². The molecule has 3 aromatic rings. The van der Waals surface area contributed by atoms with Crippen molar-refractivity contribution in [3.63, 3.8) is 0 Å². The number of carbonyl (C=O) groups is 1. The van der Waals surface area contributed by atoms with Crippen molar-refractivity contribution in [3.05, 3.63) is 95.3 Å². The lowest BCUT2D eigenvalue weighted by Crippen LogP contribution is -2.27. The summed E-state index contributed by atoms with van der Waals surface area (Å²) < 4.78 is 33.5. The van der Waals surface area contributed by atoms with Gasteiger partial charge in [0, 0.05) is 30.8 Å². The molecule has 33 heavy (non-hydrogen) atoms. The Morgan fingerprint density at radius 3 is 2.39 bits per heavy atom. The fourth-order valence-corrected chi connectivity index (χ4v) is 4.92. The first-order valence-electron chi connectivity index (χ1n) is 11.1. The number of sulfonamides is 1. The molecule has 0 aliphatic rings. The Hall–Kier alpha value is -3.03. The number of esters is 1. The molecule has 1 N–H and O–H groups in total. The number of pyridine rings is 1. The van der Waals surface area contributed by atoms with Crippen molar-refractivity contribution in [2.45, 2.75) is 50.5 Å². The minimum absolute atomic E-state index is 0.0536. The Bertz CT molecular complexity index is 1170. The lowest BCUT2D eigenvalue weighted by Gasteiger charge is -2.20. The van der Waals surface area contributed by atoms with Crippen LogP contribution in [0.1, 0.15) is 61.4 Å². The molecule has 0 fully saturated rings. The Morgan fingerprint density at radius 2 is 1.73 bits per heavy atom. The van der Waals surface area contributed by atoms with E-state index in [1.54, 1.807) is 43.5 Å². The zero-order chi connectivity index (χ0) is 23.8. The highest BCUT2D eigenvalue weighted by Crippen LogP contribution is 2.28. The van der Waals surface area contributed by atoms with Crippen molar-refractivity contribution in [2.75, 3.05) is 6.61 Å². The third-order valence-corrected chi connectivity index (χ3v) is 7.09. The van der Waals surface area contributed by atoms with E-state index in [1.807, 2.05) is 37.4 Å². The molecule has 1 heterocycles. The summed E-state index contributed by atoms with van der Waals surface area (Å²) in [5, 5.41) is 0. The highest BCUT2D eigenvalue weighted by Gasteiger charge is 2.20. The minimum Gasteiger partial charge on any atom is -0.466 e. The normalized spacial score (nSPS) is 13.3. The molecule has 6 nitrogen and oxygen atoms in total. The first-order valence-corrected chi connectivity index (χ1v) is 12.5. The fourth-order valence-electron chi connectivity index (χ4n) is 3.66. The molecule has 0 saturated carbocycles. The van der Waals surface area contributed by atoms with Gasteiger partial charge in [-0.1, -0.05) is 49.4 Å². The van der Waals surface area contributed by atoms with Crippen molar-refractivity contribution >= 4 is 16.0 Å². The molecule has 0 spiro atoms. The van der Waals surface area contributed by atoms with Gasteiger partial charge in [-0.3, -0.25) is 9.78 Å². The quantitative estimate of drug-likeness (QED) is 0.435. The zero-order valence-electron chi connectivity index (χ0n) is 19.2. The molecule has 0 saturated heterocycles. The number of nitrogens with zero attached hydrogens (tertiary/aromatic N) is 1. The van der Waals surface area contributed by atoms with E-state index in [2.05, 4.69) is 22.7 Å². The highest BCUT2D eigenvalue weighted by molar-refractivity contribution is 7.89. The van der Waals surface area contributed by atoms with E-state index in [4.69, 9.17) is 4.74 Å². The van der Waals surface area contributed by atoms with Crippen molar-refractivity contribution in [1.29, 1.82) is 0 Å². The van der Waals surface area contributed by atoms with Crippen LogP contribution in [0.2, 0.25) is 0 Å². The predicted octanol–water partition coefficient (Wildman–Crippen LogP) is 4.77. The van der Waals surface area contributed by atoms with Gasteiger partial charge >= 0.3 is 5.97 Å². The van der Waals surface area contributed by atoms with E-state index in [0.29, 0.717) is 13.0 Å². The average Bonchev–Trinajstić information content (AvgIpc) is 2.83. The standard InChI is InChI=1S/C26H30N2O4S/c1-4-32-26(29)13-12-21-15-23(19(2)22-9-8-14-27-18-22)17-24(16-21)20(3)28-33(30,31)25-10-6-5-7-11-25/h5-11,14-20,28H,4,12-13H2,1-3H3. The second-order valence-electron chi connectivity index (χ2n) is 7.98. The van der Waals surface area contributed by atoms with Gasteiger partial charge in [0.1, 0.15) is 0 Å². The summed E-state index contributed by atoms with van der Waals surface area (Å²) in [6, 6.07) is 17.8. The van der Waals surface area contributed by atoms with Crippen LogP contribution in [-0.2, 0) is 26.0 Å². The first kappa shape index (κ1) is 24.6. The number of aromatic nitrogens is 1. The number of benzene rings is 2. The van der Waals surface area contributed by atoms with Crippen LogP contribution in [0.15, 0.2) is 78.0 Å². The van der Waals surface area contributed by atoms with Crippen LogP contribution in [0.25, 0.3) is 0 Å². The first-order chi connectivity index (χ1) is 15.8. The Balaban J connectivity index is 1.91.